The zero-order valence-electron chi connectivity index (χ0n) is 8.54. The lowest BCUT2D eigenvalue weighted by molar-refractivity contribution is -0.137. The standard InChI is InChI=1S/C9H18N2O2/c1-4-7(5-2)9(13)11(3)6-8(10)12/h7H,4-6H2,1-3H3,(H2,10,12). The van der Waals surface area contributed by atoms with Gasteiger partial charge in [-0.2, -0.15) is 0 Å². The number of nitrogens with two attached hydrogens (primary N) is 1. The van der Waals surface area contributed by atoms with Crippen LogP contribution < -0.4 is 5.73 Å². The molecule has 0 radical (unpaired) electrons. The lowest BCUT2D eigenvalue weighted by Crippen LogP contribution is -2.38. The van der Waals surface area contributed by atoms with Crippen LogP contribution in [-0.2, 0) is 9.59 Å². The summed E-state index contributed by atoms with van der Waals surface area (Å²) in [4.78, 5) is 23.5. The second-order valence-corrected chi connectivity index (χ2v) is 3.17. The van der Waals surface area contributed by atoms with Crippen molar-refractivity contribution >= 4 is 11.8 Å². The number of rotatable bonds is 5. The van der Waals surface area contributed by atoms with Crippen LogP contribution in [0.15, 0.2) is 0 Å². The Kier molecular flexibility index (Phi) is 5.11. The van der Waals surface area contributed by atoms with Gasteiger partial charge in [-0.1, -0.05) is 13.8 Å². The molecule has 0 spiro atoms. The molecule has 76 valence electrons. The van der Waals surface area contributed by atoms with Gasteiger partial charge >= 0.3 is 0 Å². The first kappa shape index (κ1) is 11.9. The highest BCUT2D eigenvalue weighted by atomic mass is 16.2. The summed E-state index contributed by atoms with van der Waals surface area (Å²) in [6.45, 7) is 3.93. The normalized spacial score (nSPS) is 10.2. The van der Waals surface area contributed by atoms with E-state index in [0.717, 1.165) is 12.8 Å². The number of likely N-dealkylation sites (N-methyl/N-ethyl adjacent to an activating group) is 1. The summed E-state index contributed by atoms with van der Waals surface area (Å²) in [7, 11) is 1.60. The van der Waals surface area contributed by atoms with Crippen molar-refractivity contribution in [3.05, 3.63) is 0 Å². The first-order chi connectivity index (χ1) is 6.02. The van der Waals surface area contributed by atoms with Gasteiger partial charge in [-0.3, -0.25) is 9.59 Å². The third kappa shape index (κ3) is 3.92. The van der Waals surface area contributed by atoms with Crippen LogP contribution in [0.5, 0.6) is 0 Å². The highest BCUT2D eigenvalue weighted by Crippen LogP contribution is 2.10. The van der Waals surface area contributed by atoms with Crippen LogP contribution in [-0.4, -0.2) is 30.3 Å². The molecule has 0 aromatic rings. The molecule has 0 fully saturated rings. The lowest BCUT2D eigenvalue weighted by Gasteiger charge is -2.20. The van der Waals surface area contributed by atoms with Gasteiger partial charge in [-0.25, -0.2) is 0 Å². The van der Waals surface area contributed by atoms with E-state index >= 15 is 0 Å². The second-order valence-electron chi connectivity index (χ2n) is 3.17. The van der Waals surface area contributed by atoms with Crippen LogP contribution in [0.4, 0.5) is 0 Å². The molecule has 0 saturated heterocycles. The largest absolute Gasteiger partial charge is 0.368 e. The Morgan fingerprint density at radius 1 is 1.31 bits per heavy atom. The molecule has 0 heterocycles. The van der Waals surface area contributed by atoms with Crippen molar-refractivity contribution in [2.24, 2.45) is 11.7 Å². The summed E-state index contributed by atoms with van der Waals surface area (Å²) in [5.41, 5.74) is 4.98. The molecule has 0 saturated carbocycles. The molecule has 0 aromatic carbocycles. The minimum absolute atomic E-state index is 0.00352. The molecule has 0 aliphatic carbocycles. The van der Waals surface area contributed by atoms with E-state index in [1.165, 1.54) is 4.90 Å². The topological polar surface area (TPSA) is 63.4 Å². The molecule has 0 atom stereocenters. The molecule has 0 aromatic heterocycles. The van der Waals surface area contributed by atoms with Gasteiger partial charge in [0.1, 0.15) is 0 Å². The van der Waals surface area contributed by atoms with E-state index in [1.807, 2.05) is 13.8 Å². The summed E-state index contributed by atoms with van der Waals surface area (Å²) in [5, 5.41) is 0. The maximum absolute atomic E-state index is 11.6. The number of carbonyl (C=O) groups excluding carboxylic acids is 2. The molecule has 0 unspecified atom stereocenters. The van der Waals surface area contributed by atoms with E-state index in [1.54, 1.807) is 7.05 Å². The molecule has 0 aliphatic heterocycles. The van der Waals surface area contributed by atoms with Crippen LogP contribution in [0, 0.1) is 5.92 Å². The fourth-order valence-corrected chi connectivity index (χ4v) is 1.26. The van der Waals surface area contributed by atoms with Gasteiger partial charge in [0.05, 0.1) is 6.54 Å². The van der Waals surface area contributed by atoms with Crippen molar-refractivity contribution in [1.82, 2.24) is 4.90 Å². The fraction of sp³-hybridized carbons (Fsp3) is 0.778. The first-order valence-corrected chi connectivity index (χ1v) is 4.56. The summed E-state index contributed by atoms with van der Waals surface area (Å²) in [6, 6.07) is 0. The molecule has 0 aliphatic rings. The maximum atomic E-state index is 11.6. The van der Waals surface area contributed by atoms with E-state index in [9.17, 15) is 9.59 Å². The molecule has 4 nitrogen and oxygen atoms in total. The monoisotopic (exact) mass is 186 g/mol. The van der Waals surface area contributed by atoms with Crippen molar-refractivity contribution in [3.63, 3.8) is 0 Å². The predicted octanol–water partition coefficient (Wildman–Crippen LogP) is 0.366. The Hall–Kier alpha value is -1.06. The van der Waals surface area contributed by atoms with Gasteiger partial charge < -0.3 is 10.6 Å². The van der Waals surface area contributed by atoms with Crippen LogP contribution in [0.25, 0.3) is 0 Å². The van der Waals surface area contributed by atoms with Crippen LogP contribution in [0.2, 0.25) is 0 Å². The minimum atomic E-state index is -0.471. The number of nitrogens with zero attached hydrogens (tertiary/aromatic N) is 1. The lowest BCUT2D eigenvalue weighted by atomic mass is 10.0. The van der Waals surface area contributed by atoms with Crippen molar-refractivity contribution in [3.8, 4) is 0 Å². The van der Waals surface area contributed by atoms with E-state index in [-0.39, 0.29) is 18.4 Å². The van der Waals surface area contributed by atoms with E-state index in [0.29, 0.717) is 0 Å². The van der Waals surface area contributed by atoms with Crippen LogP contribution in [0.1, 0.15) is 26.7 Å². The van der Waals surface area contributed by atoms with Gasteiger partial charge in [-0.15, -0.1) is 0 Å². The Labute approximate surface area is 79.1 Å². The third-order valence-corrected chi connectivity index (χ3v) is 2.10. The van der Waals surface area contributed by atoms with Crippen LogP contribution in [0.3, 0.4) is 0 Å². The zero-order valence-corrected chi connectivity index (χ0v) is 8.54. The quantitative estimate of drug-likeness (QED) is 0.674. The molecule has 2 N–H and O–H groups in total. The molecule has 13 heavy (non-hydrogen) atoms. The number of hydrogen-bond donors (Lipinski definition) is 1. The highest BCUT2D eigenvalue weighted by molar-refractivity contribution is 5.84. The summed E-state index contributed by atoms with van der Waals surface area (Å²) in [6.07, 6.45) is 1.61. The SMILES string of the molecule is CCC(CC)C(=O)N(C)CC(N)=O. The molecular weight excluding hydrogens is 168 g/mol. The number of amides is 2. The van der Waals surface area contributed by atoms with Gasteiger partial charge in [-0.05, 0) is 12.8 Å². The molecule has 4 heteroatoms. The average Bonchev–Trinajstić information content (AvgIpc) is 2.05. The maximum Gasteiger partial charge on any atom is 0.237 e. The Morgan fingerprint density at radius 3 is 2.08 bits per heavy atom. The molecule has 0 rings (SSSR count). The zero-order chi connectivity index (χ0) is 10.4. The van der Waals surface area contributed by atoms with Crippen molar-refractivity contribution in [1.29, 1.82) is 0 Å². The highest BCUT2D eigenvalue weighted by Gasteiger charge is 2.19. The molecular formula is C9H18N2O2. The van der Waals surface area contributed by atoms with Gasteiger partial charge in [0.25, 0.3) is 0 Å². The van der Waals surface area contributed by atoms with Crippen LogP contribution >= 0.6 is 0 Å². The Balaban J connectivity index is 4.14. The Morgan fingerprint density at radius 2 is 1.77 bits per heavy atom. The van der Waals surface area contributed by atoms with Crippen molar-refractivity contribution in [2.75, 3.05) is 13.6 Å². The van der Waals surface area contributed by atoms with Crippen molar-refractivity contribution in [2.45, 2.75) is 26.7 Å². The third-order valence-electron chi connectivity index (χ3n) is 2.10. The fourth-order valence-electron chi connectivity index (χ4n) is 1.26. The van der Waals surface area contributed by atoms with Gasteiger partial charge in [0.15, 0.2) is 0 Å². The van der Waals surface area contributed by atoms with Crippen molar-refractivity contribution < 1.29 is 9.59 Å². The predicted molar refractivity (Wildman–Crippen MR) is 50.9 cm³/mol. The smallest absolute Gasteiger partial charge is 0.237 e. The molecule has 0 bridgehead atoms. The number of carbonyl (C=O) groups is 2. The Bertz CT molecular complexity index is 188. The average molecular weight is 186 g/mol. The first-order valence-electron chi connectivity index (χ1n) is 4.56. The number of primary amides is 1. The van der Waals surface area contributed by atoms with Gasteiger partial charge in [0, 0.05) is 13.0 Å². The summed E-state index contributed by atoms with van der Waals surface area (Å²) in [5.74, 6) is -0.449. The minimum Gasteiger partial charge on any atom is -0.368 e. The van der Waals surface area contributed by atoms with E-state index in [2.05, 4.69) is 0 Å². The van der Waals surface area contributed by atoms with E-state index < -0.39 is 5.91 Å². The summed E-state index contributed by atoms with van der Waals surface area (Å²) < 4.78 is 0. The van der Waals surface area contributed by atoms with Gasteiger partial charge in [0.2, 0.25) is 11.8 Å². The molecule has 2 amide bonds. The summed E-state index contributed by atoms with van der Waals surface area (Å²) >= 11 is 0. The number of hydrogen-bond acceptors (Lipinski definition) is 2. The van der Waals surface area contributed by atoms with E-state index in [4.69, 9.17) is 5.73 Å². The second kappa shape index (κ2) is 5.56.